The van der Waals surface area contributed by atoms with Gasteiger partial charge in [-0.05, 0) is 18.9 Å². The smallest absolute Gasteiger partial charge is 0.141 e. The van der Waals surface area contributed by atoms with Gasteiger partial charge in [0, 0.05) is 18.9 Å². The number of hydrogen-bond donors (Lipinski definition) is 2. The van der Waals surface area contributed by atoms with Gasteiger partial charge in [0.05, 0.1) is 6.10 Å². The molecule has 1 atom stereocenters. The summed E-state index contributed by atoms with van der Waals surface area (Å²) in [5.74, 6) is 0.623. The number of aromatic nitrogens is 1. The fourth-order valence-electron chi connectivity index (χ4n) is 1.61. The Labute approximate surface area is 94.1 Å². The lowest BCUT2D eigenvalue weighted by Gasteiger charge is -2.11. The van der Waals surface area contributed by atoms with Gasteiger partial charge in [-0.25, -0.2) is 0 Å². The van der Waals surface area contributed by atoms with E-state index >= 15 is 0 Å². The van der Waals surface area contributed by atoms with Gasteiger partial charge in [0.1, 0.15) is 23.9 Å². The van der Waals surface area contributed by atoms with Crippen LogP contribution in [0, 0.1) is 5.41 Å². The molecule has 0 amide bonds. The van der Waals surface area contributed by atoms with Gasteiger partial charge in [0.25, 0.3) is 0 Å². The number of hydrogen-bond acceptors (Lipinski definition) is 4. The standard InChI is InChI=1S/C11H15N3O2/c12-11(13)10-6-8(3-4-14-10)16-7-9-2-1-5-15-9/h3-4,6,9H,1-2,5,7H2,(H3,12,13). The molecule has 0 spiro atoms. The van der Waals surface area contributed by atoms with Crippen molar-refractivity contribution in [3.05, 3.63) is 24.0 Å². The molecule has 86 valence electrons. The molecule has 1 fully saturated rings. The first-order valence-corrected chi connectivity index (χ1v) is 5.30. The van der Waals surface area contributed by atoms with E-state index in [2.05, 4.69) is 4.98 Å². The largest absolute Gasteiger partial charge is 0.491 e. The molecule has 16 heavy (non-hydrogen) atoms. The predicted molar refractivity (Wildman–Crippen MR) is 59.7 cm³/mol. The van der Waals surface area contributed by atoms with Crippen molar-refractivity contribution in [1.29, 1.82) is 5.41 Å². The number of nitrogens with one attached hydrogen (secondary N) is 1. The topological polar surface area (TPSA) is 81.2 Å². The molecule has 2 heterocycles. The Morgan fingerprint density at radius 1 is 1.69 bits per heavy atom. The summed E-state index contributed by atoms with van der Waals surface area (Å²) in [5, 5.41) is 7.27. The molecule has 1 unspecified atom stereocenters. The number of pyridine rings is 1. The van der Waals surface area contributed by atoms with E-state index in [1.54, 1.807) is 18.3 Å². The molecule has 1 saturated heterocycles. The SMILES string of the molecule is N=C(N)c1cc(OCC2CCCO2)ccn1. The fourth-order valence-corrected chi connectivity index (χ4v) is 1.61. The highest BCUT2D eigenvalue weighted by Gasteiger charge is 2.16. The quantitative estimate of drug-likeness (QED) is 0.585. The predicted octanol–water partition coefficient (Wildman–Crippen LogP) is 0.923. The Hall–Kier alpha value is -1.62. The number of nitrogen functional groups attached to an aromatic ring is 1. The molecule has 1 aromatic rings. The summed E-state index contributed by atoms with van der Waals surface area (Å²) < 4.78 is 11.0. The summed E-state index contributed by atoms with van der Waals surface area (Å²) in [7, 11) is 0. The number of amidine groups is 1. The van der Waals surface area contributed by atoms with Gasteiger partial charge in [-0.15, -0.1) is 0 Å². The van der Waals surface area contributed by atoms with Gasteiger partial charge in [0.15, 0.2) is 0 Å². The number of nitrogens with two attached hydrogens (primary N) is 1. The Balaban J connectivity index is 1.93. The minimum Gasteiger partial charge on any atom is -0.491 e. The van der Waals surface area contributed by atoms with Crippen LogP contribution < -0.4 is 10.5 Å². The van der Waals surface area contributed by atoms with Crippen LogP contribution in [0.25, 0.3) is 0 Å². The minimum absolute atomic E-state index is 0.0532. The van der Waals surface area contributed by atoms with Gasteiger partial charge < -0.3 is 15.2 Å². The van der Waals surface area contributed by atoms with Crippen molar-refractivity contribution >= 4 is 5.84 Å². The third kappa shape index (κ3) is 2.70. The highest BCUT2D eigenvalue weighted by Crippen LogP contribution is 2.15. The average molecular weight is 221 g/mol. The van der Waals surface area contributed by atoms with E-state index in [0.717, 1.165) is 19.4 Å². The van der Waals surface area contributed by atoms with Crippen molar-refractivity contribution in [3.8, 4) is 5.75 Å². The molecule has 0 radical (unpaired) electrons. The van der Waals surface area contributed by atoms with E-state index in [9.17, 15) is 0 Å². The Bertz CT molecular complexity index is 375. The Morgan fingerprint density at radius 2 is 2.56 bits per heavy atom. The van der Waals surface area contributed by atoms with E-state index < -0.39 is 0 Å². The molecule has 0 saturated carbocycles. The van der Waals surface area contributed by atoms with Crippen molar-refractivity contribution in [2.24, 2.45) is 5.73 Å². The summed E-state index contributed by atoms with van der Waals surface area (Å²) in [5.41, 5.74) is 5.78. The lowest BCUT2D eigenvalue weighted by atomic mass is 10.2. The molecule has 3 N–H and O–H groups in total. The minimum atomic E-state index is -0.0532. The van der Waals surface area contributed by atoms with Crippen molar-refractivity contribution in [2.75, 3.05) is 13.2 Å². The van der Waals surface area contributed by atoms with Crippen LogP contribution in [0.1, 0.15) is 18.5 Å². The van der Waals surface area contributed by atoms with Crippen molar-refractivity contribution < 1.29 is 9.47 Å². The Morgan fingerprint density at radius 3 is 3.25 bits per heavy atom. The van der Waals surface area contributed by atoms with Crippen LogP contribution in [-0.4, -0.2) is 30.1 Å². The second kappa shape index (κ2) is 4.94. The van der Waals surface area contributed by atoms with Gasteiger partial charge in [-0.2, -0.15) is 0 Å². The summed E-state index contributed by atoms with van der Waals surface area (Å²) in [6.45, 7) is 1.37. The number of rotatable bonds is 4. The third-order valence-electron chi connectivity index (χ3n) is 2.47. The van der Waals surface area contributed by atoms with Crippen LogP contribution in [-0.2, 0) is 4.74 Å². The first-order valence-electron chi connectivity index (χ1n) is 5.30. The highest BCUT2D eigenvalue weighted by molar-refractivity contribution is 5.93. The second-order valence-electron chi connectivity index (χ2n) is 3.74. The number of nitrogens with zero attached hydrogens (tertiary/aromatic N) is 1. The first-order chi connectivity index (χ1) is 7.75. The zero-order valence-corrected chi connectivity index (χ0v) is 8.98. The maximum absolute atomic E-state index is 7.27. The van der Waals surface area contributed by atoms with E-state index in [0.29, 0.717) is 18.1 Å². The lowest BCUT2D eigenvalue weighted by Crippen LogP contribution is -2.17. The zero-order chi connectivity index (χ0) is 11.4. The van der Waals surface area contributed by atoms with Crippen molar-refractivity contribution in [2.45, 2.75) is 18.9 Å². The molecule has 0 aliphatic carbocycles. The van der Waals surface area contributed by atoms with E-state index in [1.165, 1.54) is 0 Å². The number of ether oxygens (including phenoxy) is 2. The lowest BCUT2D eigenvalue weighted by molar-refractivity contribution is 0.0679. The van der Waals surface area contributed by atoms with Crippen molar-refractivity contribution in [1.82, 2.24) is 4.98 Å². The van der Waals surface area contributed by atoms with Gasteiger partial charge in [0.2, 0.25) is 0 Å². The fraction of sp³-hybridized carbons (Fsp3) is 0.455. The second-order valence-corrected chi connectivity index (χ2v) is 3.74. The van der Waals surface area contributed by atoms with E-state index in [1.807, 2.05) is 0 Å². The highest BCUT2D eigenvalue weighted by atomic mass is 16.5. The molecular formula is C11H15N3O2. The monoisotopic (exact) mass is 221 g/mol. The van der Waals surface area contributed by atoms with Gasteiger partial charge in [-0.3, -0.25) is 10.4 Å². The maximum Gasteiger partial charge on any atom is 0.141 e. The van der Waals surface area contributed by atoms with E-state index in [-0.39, 0.29) is 11.9 Å². The Kier molecular flexibility index (Phi) is 3.36. The molecule has 1 aromatic heterocycles. The molecule has 0 aromatic carbocycles. The zero-order valence-electron chi connectivity index (χ0n) is 8.98. The third-order valence-corrected chi connectivity index (χ3v) is 2.47. The average Bonchev–Trinajstić information content (AvgIpc) is 2.79. The summed E-state index contributed by atoms with van der Waals surface area (Å²) in [6, 6.07) is 3.42. The van der Waals surface area contributed by atoms with Crippen LogP contribution in [0.3, 0.4) is 0 Å². The van der Waals surface area contributed by atoms with Crippen LogP contribution in [0.5, 0.6) is 5.75 Å². The maximum atomic E-state index is 7.27. The van der Waals surface area contributed by atoms with Gasteiger partial charge >= 0.3 is 0 Å². The van der Waals surface area contributed by atoms with Gasteiger partial charge in [-0.1, -0.05) is 0 Å². The molecular weight excluding hydrogens is 206 g/mol. The molecule has 5 heteroatoms. The van der Waals surface area contributed by atoms with Crippen LogP contribution >= 0.6 is 0 Å². The summed E-state index contributed by atoms with van der Waals surface area (Å²) in [6.07, 6.45) is 3.92. The summed E-state index contributed by atoms with van der Waals surface area (Å²) in [4.78, 5) is 3.96. The van der Waals surface area contributed by atoms with Crippen LogP contribution in [0.4, 0.5) is 0 Å². The molecule has 5 nitrogen and oxygen atoms in total. The van der Waals surface area contributed by atoms with Crippen LogP contribution in [0.15, 0.2) is 18.3 Å². The molecule has 2 rings (SSSR count). The van der Waals surface area contributed by atoms with Crippen molar-refractivity contribution in [3.63, 3.8) is 0 Å². The normalized spacial score (nSPS) is 19.6. The van der Waals surface area contributed by atoms with Crippen LogP contribution in [0.2, 0.25) is 0 Å². The summed E-state index contributed by atoms with van der Waals surface area (Å²) >= 11 is 0. The van der Waals surface area contributed by atoms with E-state index in [4.69, 9.17) is 20.6 Å². The molecule has 0 bridgehead atoms. The first kappa shape index (κ1) is 10.9. The molecule has 1 aliphatic rings. The molecule has 1 aliphatic heterocycles.